The number of methoxy groups -OCH3 is 1. The van der Waals surface area contributed by atoms with E-state index in [1.165, 1.54) is 6.21 Å². The minimum absolute atomic E-state index is 0.110. The molecule has 4 N–H and O–H groups in total. The van der Waals surface area contributed by atoms with Crippen LogP contribution in [0.3, 0.4) is 0 Å². The first-order valence-corrected chi connectivity index (χ1v) is 6.58. The second-order valence-corrected chi connectivity index (χ2v) is 4.30. The molecule has 0 atom stereocenters. The van der Waals surface area contributed by atoms with Gasteiger partial charge in [-0.2, -0.15) is 5.10 Å². The summed E-state index contributed by atoms with van der Waals surface area (Å²) in [7, 11) is 1.58. The lowest BCUT2D eigenvalue weighted by molar-refractivity contribution is 0.279. The van der Waals surface area contributed by atoms with Crippen LogP contribution in [0.2, 0.25) is 0 Å². The van der Waals surface area contributed by atoms with E-state index in [0.29, 0.717) is 24.7 Å². The number of benzene rings is 1. The molecular formula is C14H18N6O2. The number of rotatable bonds is 7. The topological polar surface area (TPSA) is 113 Å². The minimum atomic E-state index is -0.110. The summed E-state index contributed by atoms with van der Waals surface area (Å²) in [5, 5.41) is 7.37. The number of nitrogens with zero attached hydrogens (tertiary/aromatic N) is 4. The van der Waals surface area contributed by atoms with Gasteiger partial charge in [0, 0.05) is 18.0 Å². The predicted molar refractivity (Wildman–Crippen MR) is 84.1 cm³/mol. The van der Waals surface area contributed by atoms with Crippen molar-refractivity contribution in [2.45, 2.75) is 6.54 Å². The van der Waals surface area contributed by atoms with Gasteiger partial charge in [-0.3, -0.25) is 0 Å². The van der Waals surface area contributed by atoms with Gasteiger partial charge >= 0.3 is 0 Å². The van der Waals surface area contributed by atoms with Crippen molar-refractivity contribution in [3.8, 4) is 11.5 Å². The molecule has 2 aromatic rings. The molecule has 0 aliphatic carbocycles. The molecule has 116 valence electrons. The predicted octanol–water partition coefficient (Wildman–Crippen LogP) is 0.578. The van der Waals surface area contributed by atoms with Crippen LogP contribution in [0.5, 0.6) is 11.5 Å². The van der Waals surface area contributed by atoms with Crippen molar-refractivity contribution in [3.63, 3.8) is 0 Å². The van der Waals surface area contributed by atoms with Crippen molar-refractivity contribution in [1.82, 2.24) is 9.55 Å². The number of hydrogen-bond acceptors (Lipinski definition) is 5. The molecule has 0 saturated carbocycles. The van der Waals surface area contributed by atoms with Gasteiger partial charge in [-0.05, 0) is 12.1 Å². The van der Waals surface area contributed by atoms with Gasteiger partial charge in [-0.25, -0.2) is 4.98 Å². The number of imidazole rings is 1. The Kier molecular flexibility index (Phi) is 5.36. The van der Waals surface area contributed by atoms with Gasteiger partial charge in [0.05, 0.1) is 26.2 Å². The van der Waals surface area contributed by atoms with E-state index in [1.807, 2.05) is 29.0 Å². The lowest BCUT2D eigenvalue weighted by atomic mass is 10.2. The van der Waals surface area contributed by atoms with Gasteiger partial charge in [0.15, 0.2) is 11.5 Å². The molecule has 1 aromatic carbocycles. The second-order valence-electron chi connectivity index (χ2n) is 4.30. The normalized spacial score (nSPS) is 10.6. The Bertz CT molecular complexity index is 647. The van der Waals surface area contributed by atoms with E-state index in [-0.39, 0.29) is 5.96 Å². The van der Waals surface area contributed by atoms with Crippen LogP contribution in [0.4, 0.5) is 0 Å². The lowest BCUT2D eigenvalue weighted by Crippen LogP contribution is -2.21. The number of para-hydroxylation sites is 1. The number of hydrogen-bond donors (Lipinski definition) is 2. The van der Waals surface area contributed by atoms with Gasteiger partial charge < -0.3 is 25.5 Å². The van der Waals surface area contributed by atoms with Crippen LogP contribution < -0.4 is 20.9 Å². The highest BCUT2D eigenvalue weighted by atomic mass is 16.5. The van der Waals surface area contributed by atoms with E-state index >= 15 is 0 Å². The maximum Gasteiger partial charge on any atom is 0.211 e. The first kappa shape index (κ1) is 15.4. The largest absolute Gasteiger partial charge is 0.493 e. The molecule has 0 unspecified atom stereocenters. The van der Waals surface area contributed by atoms with Crippen molar-refractivity contribution in [1.29, 1.82) is 0 Å². The van der Waals surface area contributed by atoms with E-state index < -0.39 is 0 Å². The van der Waals surface area contributed by atoms with Crippen molar-refractivity contribution < 1.29 is 9.47 Å². The quantitative estimate of drug-likeness (QED) is 0.441. The van der Waals surface area contributed by atoms with E-state index in [2.05, 4.69) is 15.2 Å². The fraction of sp³-hybridized carbons (Fsp3) is 0.214. The Morgan fingerprint density at radius 1 is 1.41 bits per heavy atom. The molecule has 22 heavy (non-hydrogen) atoms. The van der Waals surface area contributed by atoms with Gasteiger partial charge in [0.25, 0.3) is 0 Å². The molecule has 0 bridgehead atoms. The van der Waals surface area contributed by atoms with Gasteiger partial charge in [-0.1, -0.05) is 6.07 Å². The summed E-state index contributed by atoms with van der Waals surface area (Å²) in [6.45, 7) is 1.13. The molecule has 0 radical (unpaired) electrons. The van der Waals surface area contributed by atoms with Crippen molar-refractivity contribution in [3.05, 3.63) is 42.5 Å². The van der Waals surface area contributed by atoms with Crippen LogP contribution in [-0.2, 0) is 6.54 Å². The van der Waals surface area contributed by atoms with E-state index in [9.17, 15) is 0 Å². The SMILES string of the molecule is COc1cccc(C=NN=C(N)N)c1OCCn1ccnc1. The molecule has 2 rings (SSSR count). The highest BCUT2D eigenvalue weighted by molar-refractivity contribution is 5.86. The first-order valence-electron chi connectivity index (χ1n) is 6.58. The average Bonchev–Trinajstić information content (AvgIpc) is 3.01. The van der Waals surface area contributed by atoms with Gasteiger partial charge in [0.2, 0.25) is 5.96 Å². The molecule has 8 heteroatoms. The first-order chi connectivity index (χ1) is 10.7. The van der Waals surface area contributed by atoms with Crippen LogP contribution in [0.15, 0.2) is 47.1 Å². The highest BCUT2D eigenvalue weighted by Crippen LogP contribution is 2.30. The summed E-state index contributed by atoms with van der Waals surface area (Å²) in [6.07, 6.45) is 6.82. The minimum Gasteiger partial charge on any atom is -0.493 e. The zero-order valence-electron chi connectivity index (χ0n) is 12.2. The van der Waals surface area contributed by atoms with Gasteiger partial charge in [0.1, 0.15) is 6.61 Å². The molecule has 8 nitrogen and oxygen atoms in total. The molecule has 0 aliphatic rings. The van der Waals surface area contributed by atoms with E-state index in [0.717, 1.165) is 5.56 Å². The van der Waals surface area contributed by atoms with Crippen LogP contribution >= 0.6 is 0 Å². The third kappa shape index (κ3) is 4.23. The maximum atomic E-state index is 5.81. The second kappa shape index (κ2) is 7.67. The van der Waals surface area contributed by atoms with Crippen molar-refractivity contribution in [2.24, 2.45) is 21.7 Å². The summed E-state index contributed by atoms with van der Waals surface area (Å²) in [5.41, 5.74) is 11.2. The van der Waals surface area contributed by atoms with Crippen LogP contribution in [-0.4, -0.2) is 35.4 Å². The van der Waals surface area contributed by atoms with E-state index in [4.69, 9.17) is 20.9 Å². The zero-order valence-corrected chi connectivity index (χ0v) is 12.2. The molecule has 0 amide bonds. The van der Waals surface area contributed by atoms with Crippen molar-refractivity contribution >= 4 is 12.2 Å². The molecule has 0 fully saturated rings. The lowest BCUT2D eigenvalue weighted by Gasteiger charge is -2.13. The Hall–Kier alpha value is -3.03. The monoisotopic (exact) mass is 302 g/mol. The molecule has 0 aliphatic heterocycles. The van der Waals surface area contributed by atoms with Crippen LogP contribution in [0.25, 0.3) is 0 Å². The van der Waals surface area contributed by atoms with Crippen molar-refractivity contribution in [2.75, 3.05) is 13.7 Å². The zero-order chi connectivity index (χ0) is 15.8. The highest BCUT2D eigenvalue weighted by Gasteiger charge is 2.09. The Balaban J connectivity index is 2.12. The smallest absolute Gasteiger partial charge is 0.211 e. The fourth-order valence-electron chi connectivity index (χ4n) is 1.78. The Morgan fingerprint density at radius 2 is 2.27 bits per heavy atom. The average molecular weight is 302 g/mol. The molecule has 0 saturated heterocycles. The summed E-state index contributed by atoms with van der Waals surface area (Å²) in [5.74, 6) is 1.08. The number of nitrogens with two attached hydrogens (primary N) is 2. The third-order valence-corrected chi connectivity index (χ3v) is 2.75. The molecule has 1 heterocycles. The maximum absolute atomic E-state index is 5.81. The number of guanidine groups is 1. The molecule has 1 aromatic heterocycles. The summed E-state index contributed by atoms with van der Waals surface area (Å²) >= 11 is 0. The molecular weight excluding hydrogens is 284 g/mol. The Labute approximate surface area is 128 Å². The Morgan fingerprint density at radius 3 is 2.95 bits per heavy atom. The van der Waals surface area contributed by atoms with Crippen LogP contribution in [0.1, 0.15) is 5.56 Å². The summed E-state index contributed by atoms with van der Waals surface area (Å²) in [6, 6.07) is 5.48. The van der Waals surface area contributed by atoms with Crippen LogP contribution in [0, 0.1) is 0 Å². The van der Waals surface area contributed by atoms with Gasteiger partial charge in [-0.15, -0.1) is 5.10 Å². The molecule has 0 spiro atoms. The third-order valence-electron chi connectivity index (χ3n) is 2.75. The summed E-state index contributed by atoms with van der Waals surface area (Å²) in [4.78, 5) is 3.98. The number of aromatic nitrogens is 2. The van der Waals surface area contributed by atoms with E-state index in [1.54, 1.807) is 19.6 Å². The summed E-state index contributed by atoms with van der Waals surface area (Å²) < 4.78 is 13.0. The fourth-order valence-corrected chi connectivity index (χ4v) is 1.78. The standard InChI is InChI=1S/C14H18N6O2/c1-21-12-4-2-3-11(9-18-19-14(15)16)13(12)22-8-7-20-6-5-17-10-20/h2-6,9-10H,7-8H2,1H3,(H4,15,16,19). The number of ether oxygens (including phenoxy) is 2.